The van der Waals surface area contributed by atoms with Crippen LogP contribution in [0.1, 0.15) is 68.6 Å². The summed E-state index contributed by atoms with van der Waals surface area (Å²) in [4.78, 5) is 12.4. The van der Waals surface area contributed by atoms with Crippen molar-refractivity contribution in [2.45, 2.75) is 80.9 Å². The maximum Gasteiger partial charge on any atom is 0.226 e. The molecule has 2 aliphatic rings. The number of nitrogens with zero attached hydrogens (tertiary/aromatic N) is 3. The summed E-state index contributed by atoms with van der Waals surface area (Å²) in [5, 5.41) is 1.12. The van der Waals surface area contributed by atoms with Gasteiger partial charge in [0.25, 0.3) is 0 Å². The number of ether oxygens (including phenoxy) is 1. The molecule has 0 saturated carbocycles. The van der Waals surface area contributed by atoms with Gasteiger partial charge in [-0.3, -0.25) is 9.98 Å². The van der Waals surface area contributed by atoms with Crippen LogP contribution in [0.5, 0.6) is 5.75 Å². The number of pyridine rings is 1. The van der Waals surface area contributed by atoms with Gasteiger partial charge in [0, 0.05) is 29.7 Å². The Hall–Kier alpha value is -2.88. The van der Waals surface area contributed by atoms with E-state index in [9.17, 15) is 0 Å². The molecule has 1 aromatic heterocycles. The summed E-state index contributed by atoms with van der Waals surface area (Å²) in [6.07, 6.45) is 2.05. The number of benzene rings is 2. The number of fused-ring (bicyclic) bond motifs is 4. The minimum Gasteiger partial charge on any atom is -0.459 e. The molecule has 3 aromatic rings. The van der Waals surface area contributed by atoms with Gasteiger partial charge < -0.3 is 9.64 Å². The summed E-state index contributed by atoms with van der Waals surface area (Å²) in [6.45, 7) is 22.0. The van der Waals surface area contributed by atoms with Crippen LogP contribution in [-0.4, -0.2) is 24.0 Å². The van der Waals surface area contributed by atoms with Crippen molar-refractivity contribution in [3.63, 3.8) is 0 Å². The van der Waals surface area contributed by atoms with Crippen LogP contribution in [-0.2, 0) is 0 Å². The van der Waals surface area contributed by atoms with Crippen molar-refractivity contribution in [3.8, 4) is 5.75 Å². The highest BCUT2D eigenvalue weighted by Crippen LogP contribution is 2.55. The molecular weight excluding hydrogens is 406 g/mol. The number of aryl methyl sites for hydroxylation is 3. The fourth-order valence-electron chi connectivity index (χ4n) is 6.05. The third kappa shape index (κ3) is 2.52. The van der Waals surface area contributed by atoms with Crippen LogP contribution < -0.4 is 9.64 Å². The van der Waals surface area contributed by atoms with E-state index in [4.69, 9.17) is 14.7 Å². The zero-order valence-corrected chi connectivity index (χ0v) is 21.9. The van der Waals surface area contributed by atoms with Gasteiger partial charge in [-0.05, 0) is 112 Å². The van der Waals surface area contributed by atoms with E-state index in [-0.39, 0.29) is 5.92 Å². The first kappa shape index (κ1) is 21.9. The Balaban J connectivity index is 1.79. The molecule has 0 N–H and O–H groups in total. The predicted molar refractivity (Wildman–Crippen MR) is 139 cm³/mol. The average Bonchev–Trinajstić information content (AvgIpc) is 3.00. The van der Waals surface area contributed by atoms with Gasteiger partial charge in [-0.2, -0.15) is 0 Å². The Kier molecular flexibility index (Phi) is 4.53. The second-order valence-corrected chi connectivity index (χ2v) is 10.3. The van der Waals surface area contributed by atoms with Gasteiger partial charge in [-0.25, -0.2) is 0 Å². The van der Waals surface area contributed by atoms with Crippen LogP contribution in [0.3, 0.4) is 0 Å². The molecule has 2 aromatic carbocycles. The van der Waals surface area contributed by atoms with E-state index in [1.165, 1.54) is 50.2 Å². The monoisotopic (exact) mass is 441 g/mol. The topological polar surface area (TPSA) is 37.7 Å². The van der Waals surface area contributed by atoms with Crippen LogP contribution >= 0.6 is 0 Å². The molecule has 1 spiro atoms. The summed E-state index contributed by atoms with van der Waals surface area (Å²) >= 11 is 0. The molecule has 0 bridgehead atoms. The molecule has 0 aliphatic carbocycles. The van der Waals surface area contributed by atoms with Crippen LogP contribution in [0, 0.1) is 62.3 Å². The van der Waals surface area contributed by atoms with E-state index in [1.807, 2.05) is 6.21 Å². The molecule has 5 rings (SSSR count). The van der Waals surface area contributed by atoms with Gasteiger partial charge in [0.1, 0.15) is 5.69 Å². The molecule has 0 amide bonds. The third-order valence-electron chi connectivity index (χ3n) is 8.97. The molecule has 172 valence electrons. The SMILES string of the molecule is Cc1nc2c(C)c(C)c3c(c2c(C)c1C)N=CC1(O3)C(C)c2c(C)c(C)c(C)c(C)c2N1C. The minimum absolute atomic E-state index is 0.154. The third-order valence-corrected chi connectivity index (χ3v) is 8.97. The molecule has 0 saturated heterocycles. The van der Waals surface area contributed by atoms with Crippen molar-refractivity contribution in [1.82, 2.24) is 4.98 Å². The number of aliphatic imine (C=N–C) groups is 1. The molecule has 2 aliphatic heterocycles. The lowest BCUT2D eigenvalue weighted by atomic mass is 9.85. The van der Waals surface area contributed by atoms with Crippen molar-refractivity contribution < 1.29 is 4.74 Å². The summed E-state index contributed by atoms with van der Waals surface area (Å²) in [6, 6.07) is 0. The van der Waals surface area contributed by atoms with Crippen molar-refractivity contribution >= 4 is 28.5 Å². The second-order valence-electron chi connectivity index (χ2n) is 10.3. The van der Waals surface area contributed by atoms with Crippen LogP contribution in [0.15, 0.2) is 4.99 Å². The number of rotatable bonds is 0. The minimum atomic E-state index is -0.642. The van der Waals surface area contributed by atoms with E-state index < -0.39 is 5.72 Å². The zero-order valence-electron chi connectivity index (χ0n) is 21.9. The first-order valence-electron chi connectivity index (χ1n) is 11.9. The molecular formula is C29H35N3O. The summed E-state index contributed by atoms with van der Waals surface area (Å²) in [5.41, 5.74) is 15.3. The molecule has 4 heteroatoms. The largest absolute Gasteiger partial charge is 0.459 e. The summed E-state index contributed by atoms with van der Waals surface area (Å²) in [7, 11) is 2.16. The van der Waals surface area contributed by atoms with Gasteiger partial charge in [-0.15, -0.1) is 0 Å². The smallest absolute Gasteiger partial charge is 0.226 e. The molecule has 2 atom stereocenters. The first-order valence-corrected chi connectivity index (χ1v) is 11.9. The van der Waals surface area contributed by atoms with E-state index in [0.717, 1.165) is 33.6 Å². The van der Waals surface area contributed by atoms with E-state index in [2.05, 4.69) is 81.2 Å². The van der Waals surface area contributed by atoms with Gasteiger partial charge in [0.2, 0.25) is 5.72 Å². The van der Waals surface area contributed by atoms with Crippen molar-refractivity contribution in [2.75, 3.05) is 11.9 Å². The molecule has 3 heterocycles. The Labute approximate surface area is 197 Å². The van der Waals surface area contributed by atoms with Crippen molar-refractivity contribution in [3.05, 3.63) is 55.8 Å². The lowest BCUT2D eigenvalue weighted by Crippen LogP contribution is -2.54. The number of anilines is 1. The Morgan fingerprint density at radius 2 is 1.42 bits per heavy atom. The number of likely N-dealkylation sites (N-methyl/N-ethyl adjacent to an activating group) is 1. The number of aromatic nitrogens is 1. The maximum absolute atomic E-state index is 7.07. The lowest BCUT2D eigenvalue weighted by molar-refractivity contribution is 0.128. The Bertz CT molecular complexity index is 1370. The van der Waals surface area contributed by atoms with Crippen LogP contribution in [0.4, 0.5) is 11.4 Å². The van der Waals surface area contributed by atoms with Gasteiger partial charge in [0.15, 0.2) is 5.75 Å². The summed E-state index contributed by atoms with van der Waals surface area (Å²) < 4.78 is 7.07. The molecule has 4 nitrogen and oxygen atoms in total. The zero-order chi connectivity index (χ0) is 24.1. The average molecular weight is 442 g/mol. The van der Waals surface area contributed by atoms with E-state index >= 15 is 0 Å². The lowest BCUT2D eigenvalue weighted by Gasteiger charge is -2.41. The quantitative estimate of drug-likeness (QED) is 0.375. The number of hydrogen-bond acceptors (Lipinski definition) is 4. The molecule has 0 radical (unpaired) electrons. The Morgan fingerprint density at radius 3 is 2.09 bits per heavy atom. The van der Waals surface area contributed by atoms with Crippen LogP contribution in [0.25, 0.3) is 10.9 Å². The highest BCUT2D eigenvalue weighted by atomic mass is 16.5. The fourth-order valence-corrected chi connectivity index (χ4v) is 6.05. The highest BCUT2D eigenvalue weighted by Gasteiger charge is 2.53. The maximum atomic E-state index is 7.07. The van der Waals surface area contributed by atoms with Gasteiger partial charge in [-0.1, -0.05) is 6.92 Å². The van der Waals surface area contributed by atoms with E-state index in [1.54, 1.807) is 0 Å². The first-order chi connectivity index (χ1) is 15.4. The van der Waals surface area contributed by atoms with Crippen molar-refractivity contribution in [1.29, 1.82) is 0 Å². The fraction of sp³-hybridized carbons (Fsp3) is 0.448. The molecule has 2 unspecified atom stereocenters. The normalized spacial score (nSPS) is 21.1. The highest BCUT2D eigenvalue weighted by molar-refractivity contribution is 6.03. The second kappa shape index (κ2) is 6.82. The number of hydrogen-bond donors (Lipinski definition) is 0. The molecule has 0 fully saturated rings. The standard InChI is InChI=1S/C29H35N3O/c1-13-14(2)19(7)27-23(16(13)4)21(9)29(32(27)11)12-30-26-24-17(5)15(3)22(10)31-25(24)18(6)20(8)28(26)33-29/h12,21H,1-11H3. The molecule has 33 heavy (non-hydrogen) atoms. The van der Waals surface area contributed by atoms with Gasteiger partial charge >= 0.3 is 0 Å². The van der Waals surface area contributed by atoms with E-state index in [0.29, 0.717) is 0 Å². The Morgan fingerprint density at radius 1 is 0.788 bits per heavy atom. The predicted octanol–water partition coefficient (Wildman–Crippen LogP) is 7.06. The summed E-state index contributed by atoms with van der Waals surface area (Å²) in [5.74, 6) is 1.05. The van der Waals surface area contributed by atoms with Gasteiger partial charge in [0.05, 0.1) is 11.7 Å². The van der Waals surface area contributed by atoms with Crippen molar-refractivity contribution in [2.24, 2.45) is 4.99 Å². The van der Waals surface area contributed by atoms with Crippen LogP contribution in [0.2, 0.25) is 0 Å².